The Kier molecular flexibility index (Phi) is 5.87. The Bertz CT molecular complexity index is 993. The molecule has 7 nitrogen and oxygen atoms in total. The van der Waals surface area contributed by atoms with Gasteiger partial charge in [0.25, 0.3) is 5.91 Å². The Morgan fingerprint density at radius 1 is 1.32 bits per heavy atom. The van der Waals surface area contributed by atoms with Crippen LogP contribution in [0.15, 0.2) is 48.3 Å². The molecule has 0 aliphatic carbocycles. The molecule has 0 radical (unpaired) electrons. The number of piperidine rings is 1. The van der Waals surface area contributed by atoms with Crippen LogP contribution in [0.25, 0.3) is 0 Å². The van der Waals surface area contributed by atoms with Gasteiger partial charge in [0.15, 0.2) is 0 Å². The van der Waals surface area contributed by atoms with Gasteiger partial charge in [-0.3, -0.25) is 4.79 Å². The van der Waals surface area contributed by atoms with E-state index in [1.54, 1.807) is 18.5 Å². The third-order valence-corrected chi connectivity index (χ3v) is 6.15. The number of hydrogen-bond donors (Lipinski definition) is 2. The zero-order valence-electron chi connectivity index (χ0n) is 18.5. The van der Waals surface area contributed by atoms with Crippen molar-refractivity contribution >= 4 is 17.4 Å². The van der Waals surface area contributed by atoms with Crippen LogP contribution in [-0.2, 0) is 5.41 Å². The number of nitrogens with two attached hydrogens (primary N) is 1. The number of nitrogens with zero attached hydrogens (tertiary/aromatic N) is 3. The van der Waals surface area contributed by atoms with Crippen molar-refractivity contribution in [1.82, 2.24) is 15.2 Å². The number of likely N-dealkylation sites (N-methyl/N-ethyl adjacent to an activating group) is 1. The van der Waals surface area contributed by atoms with Crippen LogP contribution in [0.4, 0.5) is 11.5 Å². The first-order valence-corrected chi connectivity index (χ1v) is 10.7. The first-order valence-electron chi connectivity index (χ1n) is 10.7. The molecule has 164 valence electrons. The van der Waals surface area contributed by atoms with E-state index in [-0.39, 0.29) is 11.3 Å². The van der Waals surface area contributed by atoms with Gasteiger partial charge < -0.3 is 25.6 Å². The number of benzene rings is 1. The average Bonchev–Trinajstić information content (AvgIpc) is 3.10. The number of ether oxygens (including phenoxy) is 1. The summed E-state index contributed by atoms with van der Waals surface area (Å²) in [5.74, 6) is 1.52. The van der Waals surface area contributed by atoms with Crippen LogP contribution in [0, 0.1) is 0 Å². The Morgan fingerprint density at radius 3 is 2.81 bits per heavy atom. The topological polar surface area (TPSA) is 83.7 Å². The van der Waals surface area contributed by atoms with Gasteiger partial charge in [0.1, 0.15) is 11.6 Å². The second-order valence-corrected chi connectivity index (χ2v) is 8.89. The van der Waals surface area contributed by atoms with Crippen molar-refractivity contribution in [3.63, 3.8) is 0 Å². The van der Waals surface area contributed by atoms with Crippen molar-refractivity contribution < 1.29 is 9.53 Å². The van der Waals surface area contributed by atoms with E-state index in [0.717, 1.165) is 60.9 Å². The minimum Gasteiger partial charge on any atom is -0.492 e. The van der Waals surface area contributed by atoms with Gasteiger partial charge in [0, 0.05) is 54.8 Å². The molecule has 0 unspecified atom stereocenters. The van der Waals surface area contributed by atoms with E-state index in [1.165, 1.54) is 0 Å². The van der Waals surface area contributed by atoms with Crippen molar-refractivity contribution in [3.8, 4) is 5.75 Å². The summed E-state index contributed by atoms with van der Waals surface area (Å²) < 4.78 is 6.13. The first-order chi connectivity index (χ1) is 14.9. The van der Waals surface area contributed by atoms with Crippen molar-refractivity contribution in [1.29, 1.82) is 0 Å². The van der Waals surface area contributed by atoms with Crippen LogP contribution in [0.3, 0.4) is 0 Å². The summed E-state index contributed by atoms with van der Waals surface area (Å²) in [4.78, 5) is 21.7. The summed E-state index contributed by atoms with van der Waals surface area (Å²) in [6.45, 7) is 5.17. The number of carbonyl (C=O) groups excluding carboxylic acids is 1. The highest BCUT2D eigenvalue weighted by Gasteiger charge is 2.44. The molecular formula is C24H31N5O2. The van der Waals surface area contributed by atoms with Gasteiger partial charge in [-0.2, -0.15) is 0 Å². The Morgan fingerprint density at radius 2 is 2.10 bits per heavy atom. The summed E-state index contributed by atoms with van der Waals surface area (Å²) in [6, 6.07) is 9.65. The SMILES string of the molecule is C/C(=C/NC(=O)c1cccc2c1OCC21CCN(c2cc(N)ccn2)CC1)CN(C)C. The summed E-state index contributed by atoms with van der Waals surface area (Å²) >= 11 is 0. The number of nitrogens with one attached hydrogen (secondary N) is 1. The van der Waals surface area contributed by atoms with Gasteiger partial charge in [-0.15, -0.1) is 0 Å². The fraction of sp³-hybridized carbons (Fsp3) is 0.417. The van der Waals surface area contributed by atoms with E-state index in [4.69, 9.17) is 10.5 Å². The maximum atomic E-state index is 12.9. The van der Waals surface area contributed by atoms with Crippen molar-refractivity contribution in [2.75, 3.05) is 51.0 Å². The predicted octanol–water partition coefficient (Wildman–Crippen LogP) is 2.79. The zero-order chi connectivity index (χ0) is 22.0. The Labute approximate surface area is 183 Å². The summed E-state index contributed by atoms with van der Waals surface area (Å²) in [5, 5.41) is 2.92. The highest BCUT2D eigenvalue weighted by molar-refractivity contribution is 5.98. The third-order valence-electron chi connectivity index (χ3n) is 6.15. The summed E-state index contributed by atoms with van der Waals surface area (Å²) in [5.41, 5.74) is 9.43. The average molecular weight is 422 g/mol. The zero-order valence-corrected chi connectivity index (χ0v) is 18.5. The molecule has 7 heteroatoms. The van der Waals surface area contributed by atoms with Crippen LogP contribution in [0.1, 0.15) is 35.7 Å². The van der Waals surface area contributed by atoms with Gasteiger partial charge in [0.2, 0.25) is 0 Å². The van der Waals surface area contributed by atoms with Crippen LogP contribution in [0.5, 0.6) is 5.75 Å². The monoisotopic (exact) mass is 421 g/mol. The van der Waals surface area contributed by atoms with E-state index < -0.39 is 0 Å². The molecule has 1 spiro atoms. The number of rotatable bonds is 5. The molecule has 2 aliphatic rings. The molecular weight excluding hydrogens is 390 g/mol. The third kappa shape index (κ3) is 4.37. The lowest BCUT2D eigenvalue weighted by atomic mass is 9.74. The van der Waals surface area contributed by atoms with Gasteiger partial charge in [-0.25, -0.2) is 4.98 Å². The smallest absolute Gasteiger partial charge is 0.258 e. The quantitative estimate of drug-likeness (QED) is 0.772. The normalized spacial score (nSPS) is 17.5. The lowest BCUT2D eigenvalue weighted by molar-refractivity contribution is 0.0966. The molecule has 1 aromatic heterocycles. The molecule has 2 aromatic rings. The highest BCUT2D eigenvalue weighted by Crippen LogP contribution is 2.47. The second-order valence-electron chi connectivity index (χ2n) is 8.89. The number of carbonyl (C=O) groups is 1. The molecule has 0 atom stereocenters. The fourth-order valence-electron chi connectivity index (χ4n) is 4.57. The molecule has 1 saturated heterocycles. The van der Waals surface area contributed by atoms with Gasteiger partial charge in [-0.05, 0) is 51.6 Å². The van der Waals surface area contributed by atoms with E-state index >= 15 is 0 Å². The molecule has 2 aliphatic heterocycles. The number of nitrogen functional groups attached to an aromatic ring is 1. The van der Waals surface area contributed by atoms with E-state index in [0.29, 0.717) is 12.2 Å². The number of hydrogen-bond acceptors (Lipinski definition) is 6. The lowest BCUT2D eigenvalue weighted by Crippen LogP contribution is -2.44. The van der Waals surface area contributed by atoms with Crippen LogP contribution in [-0.4, -0.2) is 56.1 Å². The van der Waals surface area contributed by atoms with Crippen molar-refractivity contribution in [2.45, 2.75) is 25.2 Å². The molecule has 1 amide bonds. The molecule has 31 heavy (non-hydrogen) atoms. The number of pyridine rings is 1. The predicted molar refractivity (Wildman–Crippen MR) is 123 cm³/mol. The lowest BCUT2D eigenvalue weighted by Gasteiger charge is -2.39. The van der Waals surface area contributed by atoms with Gasteiger partial charge in [-0.1, -0.05) is 12.1 Å². The Hall–Kier alpha value is -3.06. The van der Waals surface area contributed by atoms with Crippen molar-refractivity contribution in [3.05, 3.63) is 59.4 Å². The van der Waals surface area contributed by atoms with Crippen LogP contribution in [0.2, 0.25) is 0 Å². The molecule has 4 rings (SSSR count). The molecule has 3 heterocycles. The molecule has 1 fully saturated rings. The summed E-state index contributed by atoms with van der Waals surface area (Å²) in [6.07, 6.45) is 5.43. The summed E-state index contributed by atoms with van der Waals surface area (Å²) in [7, 11) is 4.01. The maximum absolute atomic E-state index is 12.9. The first kappa shape index (κ1) is 21.2. The largest absolute Gasteiger partial charge is 0.492 e. The number of amides is 1. The molecule has 3 N–H and O–H groups in total. The van der Waals surface area contributed by atoms with E-state index in [2.05, 4.69) is 26.2 Å². The van der Waals surface area contributed by atoms with Crippen LogP contribution >= 0.6 is 0 Å². The minimum atomic E-state index is -0.131. The Balaban J connectivity index is 1.49. The molecule has 1 aromatic carbocycles. The number of para-hydroxylation sites is 1. The maximum Gasteiger partial charge on any atom is 0.258 e. The van der Waals surface area contributed by atoms with E-state index in [9.17, 15) is 4.79 Å². The van der Waals surface area contributed by atoms with Gasteiger partial charge >= 0.3 is 0 Å². The second kappa shape index (κ2) is 8.59. The molecule has 0 bridgehead atoms. The minimum absolute atomic E-state index is 0.0564. The fourth-order valence-corrected chi connectivity index (χ4v) is 4.57. The van der Waals surface area contributed by atoms with Crippen LogP contribution < -0.4 is 20.7 Å². The van der Waals surface area contributed by atoms with Gasteiger partial charge in [0.05, 0.1) is 12.2 Å². The standard InChI is InChI=1S/C24H31N5O2/c1-17(15-28(2)3)14-27-23(30)19-5-4-6-20-22(19)31-16-24(20)8-11-29(12-9-24)21-13-18(25)7-10-26-21/h4-7,10,13-14H,8-9,11-12,15-16H2,1-3H3,(H2,25,26)(H,27,30)/b17-14-. The number of aromatic nitrogens is 1. The number of fused-ring (bicyclic) bond motifs is 2. The van der Waals surface area contributed by atoms with Crippen molar-refractivity contribution in [2.24, 2.45) is 0 Å². The highest BCUT2D eigenvalue weighted by atomic mass is 16.5. The van der Waals surface area contributed by atoms with E-state index in [1.807, 2.05) is 39.2 Å². The molecule has 0 saturated carbocycles. The number of anilines is 2.